The number of unbranched alkanes of at least 4 members (excludes halogenated alkanes) is 1. The summed E-state index contributed by atoms with van der Waals surface area (Å²) in [6.45, 7) is 7.41. The number of hydrogen-bond acceptors (Lipinski definition) is 1. The van der Waals surface area contributed by atoms with Crippen LogP contribution in [0.1, 0.15) is 68.9 Å². The maximum absolute atomic E-state index is 3.09. The lowest BCUT2D eigenvalue weighted by Gasteiger charge is -2.43. The van der Waals surface area contributed by atoms with Crippen LogP contribution >= 0.6 is 16.1 Å². The molecule has 0 N–H and O–H groups in total. The van der Waals surface area contributed by atoms with Gasteiger partial charge < -0.3 is 0 Å². The summed E-state index contributed by atoms with van der Waals surface area (Å²) in [5.74, 6) is 0. The quantitative estimate of drug-likeness (QED) is 0.105. The van der Waals surface area contributed by atoms with Crippen LogP contribution in [0.5, 0.6) is 0 Å². The predicted octanol–water partition coefficient (Wildman–Crippen LogP) is 16.5. The number of rotatable bonds is 13. The SMILES string of the molecule is CC.CCCCN(P(c1cc(-c2ccccc2)cc(-c2ccccc2)c1)c1cc(-c2ccccc2)cc(-c2ccccc2)c1)P1[C@@H](c2ccccc2)CC[C@@H]1c1ccccc1. The molecular weight excluding hydrogens is 773 g/mol. The Morgan fingerprint density at radius 3 is 1.00 bits per heavy atom. The lowest BCUT2D eigenvalue weighted by molar-refractivity contribution is 0.632. The number of hydrogen-bond donors (Lipinski definition) is 0. The van der Waals surface area contributed by atoms with Crippen molar-refractivity contribution < 1.29 is 0 Å². The van der Waals surface area contributed by atoms with E-state index < -0.39 is 16.1 Å². The maximum atomic E-state index is 3.09. The third kappa shape index (κ3) is 9.88. The van der Waals surface area contributed by atoms with E-state index in [0.29, 0.717) is 11.3 Å². The standard InChI is InChI=1S/C56H51NP2.C2H6/c1-2-3-36-57(59-55(47-30-18-8-19-31-47)34-35-56(59)48-32-20-9-21-33-48)58(53-39-49(43-22-10-4-11-23-43)37-50(40-53)44-24-12-5-13-25-44)54-41-51(45-26-14-6-15-27-45)38-52(42-54)46-28-16-7-17-29-46;1-2/h4-33,37-42,55-56H,2-3,34-36H2,1H3;1-2H3/t55-,56-;/m1./s1. The van der Waals surface area contributed by atoms with Crippen molar-refractivity contribution in [3.05, 3.63) is 230 Å². The number of nitrogens with zero attached hydrogens (tertiary/aromatic N) is 1. The molecule has 8 aromatic rings. The molecule has 304 valence electrons. The monoisotopic (exact) mass is 829 g/mol. The van der Waals surface area contributed by atoms with Gasteiger partial charge in [0.2, 0.25) is 0 Å². The summed E-state index contributed by atoms with van der Waals surface area (Å²) in [6, 6.07) is 82.0. The van der Waals surface area contributed by atoms with Gasteiger partial charge in [0.25, 0.3) is 0 Å². The van der Waals surface area contributed by atoms with Crippen molar-refractivity contribution in [2.45, 2.75) is 57.8 Å². The molecule has 0 saturated carbocycles. The highest BCUT2D eigenvalue weighted by atomic mass is 31.2. The van der Waals surface area contributed by atoms with Gasteiger partial charge in [-0.15, -0.1) is 0 Å². The van der Waals surface area contributed by atoms with Crippen molar-refractivity contribution in [2.75, 3.05) is 6.54 Å². The molecule has 1 aliphatic heterocycles. The molecule has 1 nitrogen and oxygen atoms in total. The lowest BCUT2D eigenvalue weighted by atomic mass is 9.99. The Morgan fingerprint density at radius 2 is 0.705 bits per heavy atom. The third-order valence-electron chi connectivity index (χ3n) is 11.7. The van der Waals surface area contributed by atoms with Crippen LogP contribution in [0, 0.1) is 0 Å². The van der Waals surface area contributed by atoms with Gasteiger partial charge in [-0.2, -0.15) is 0 Å². The van der Waals surface area contributed by atoms with Crippen LogP contribution in [0.3, 0.4) is 0 Å². The van der Waals surface area contributed by atoms with E-state index in [9.17, 15) is 0 Å². The van der Waals surface area contributed by atoms with Gasteiger partial charge in [-0.3, -0.25) is 4.44 Å². The second-order valence-corrected chi connectivity index (χ2v) is 20.5. The molecule has 1 aliphatic rings. The zero-order valence-electron chi connectivity index (χ0n) is 35.8. The fourth-order valence-corrected chi connectivity index (χ4v) is 16.4. The smallest absolute Gasteiger partial charge is 0.0319 e. The van der Waals surface area contributed by atoms with E-state index in [1.165, 1.54) is 79.1 Å². The molecule has 0 radical (unpaired) electrons. The molecular formula is C58H57NP2. The fraction of sp³-hybridized carbons (Fsp3) is 0.172. The molecule has 3 heteroatoms. The molecule has 0 bridgehead atoms. The van der Waals surface area contributed by atoms with Crippen LogP contribution in [-0.4, -0.2) is 11.0 Å². The predicted molar refractivity (Wildman–Crippen MR) is 268 cm³/mol. The summed E-state index contributed by atoms with van der Waals surface area (Å²) in [6.07, 6.45) is 4.68. The van der Waals surface area contributed by atoms with E-state index in [-0.39, 0.29) is 0 Å². The van der Waals surface area contributed by atoms with Crippen molar-refractivity contribution in [1.29, 1.82) is 0 Å². The summed E-state index contributed by atoms with van der Waals surface area (Å²) in [4.78, 5) is 0. The van der Waals surface area contributed by atoms with Crippen LogP contribution in [0.4, 0.5) is 0 Å². The van der Waals surface area contributed by atoms with Gasteiger partial charge in [-0.25, -0.2) is 0 Å². The molecule has 9 rings (SSSR count). The largest absolute Gasteiger partial charge is 0.251 e. The maximum Gasteiger partial charge on any atom is 0.0319 e. The molecule has 0 spiro atoms. The molecule has 1 fully saturated rings. The zero-order valence-corrected chi connectivity index (χ0v) is 37.6. The first kappa shape index (κ1) is 42.3. The summed E-state index contributed by atoms with van der Waals surface area (Å²) >= 11 is 0. The van der Waals surface area contributed by atoms with Gasteiger partial charge in [0.1, 0.15) is 0 Å². The van der Waals surface area contributed by atoms with Crippen LogP contribution in [0.15, 0.2) is 218 Å². The van der Waals surface area contributed by atoms with E-state index >= 15 is 0 Å². The second kappa shape index (κ2) is 20.9. The van der Waals surface area contributed by atoms with E-state index in [1.54, 1.807) is 0 Å². The average molecular weight is 830 g/mol. The van der Waals surface area contributed by atoms with Crippen LogP contribution in [0.25, 0.3) is 44.5 Å². The van der Waals surface area contributed by atoms with E-state index in [0.717, 1.165) is 19.4 Å². The van der Waals surface area contributed by atoms with Gasteiger partial charge >= 0.3 is 0 Å². The van der Waals surface area contributed by atoms with Crippen molar-refractivity contribution in [3.8, 4) is 44.5 Å². The summed E-state index contributed by atoms with van der Waals surface area (Å²) in [7, 11) is -1.71. The molecule has 0 amide bonds. The Kier molecular flexibility index (Phi) is 14.5. The van der Waals surface area contributed by atoms with E-state index in [1.807, 2.05) is 13.8 Å². The Balaban J connectivity index is 0.00000253. The van der Waals surface area contributed by atoms with Gasteiger partial charge in [0.05, 0.1) is 0 Å². The first-order valence-electron chi connectivity index (χ1n) is 22.2. The lowest BCUT2D eigenvalue weighted by Crippen LogP contribution is -2.28. The van der Waals surface area contributed by atoms with Crippen LogP contribution < -0.4 is 10.6 Å². The van der Waals surface area contributed by atoms with Gasteiger partial charge in [-0.1, -0.05) is 209 Å². The van der Waals surface area contributed by atoms with Gasteiger partial charge in [0, 0.05) is 25.9 Å². The molecule has 1 saturated heterocycles. The Labute approximate surface area is 367 Å². The second-order valence-electron chi connectivity index (χ2n) is 15.6. The summed E-state index contributed by atoms with van der Waals surface area (Å²) in [5.41, 5.74) is 14.0. The normalized spacial score (nSPS) is 15.1. The van der Waals surface area contributed by atoms with E-state index in [2.05, 4.69) is 230 Å². The third-order valence-corrected chi connectivity index (χ3v) is 18.1. The minimum atomic E-state index is -1.04. The minimum absolute atomic E-state index is 0.468. The molecule has 61 heavy (non-hydrogen) atoms. The van der Waals surface area contributed by atoms with Gasteiger partial charge in [0.15, 0.2) is 0 Å². The van der Waals surface area contributed by atoms with Crippen molar-refractivity contribution in [2.24, 2.45) is 0 Å². The van der Waals surface area contributed by atoms with Gasteiger partial charge in [-0.05, 0) is 130 Å². The van der Waals surface area contributed by atoms with Crippen molar-refractivity contribution in [3.63, 3.8) is 0 Å². The molecule has 1 heterocycles. The van der Waals surface area contributed by atoms with Crippen molar-refractivity contribution in [1.82, 2.24) is 4.44 Å². The molecule has 0 unspecified atom stereocenters. The first-order valence-corrected chi connectivity index (χ1v) is 24.9. The molecule has 0 aromatic heterocycles. The Bertz CT molecular complexity index is 2260. The highest BCUT2D eigenvalue weighted by molar-refractivity contribution is 7.79. The summed E-state index contributed by atoms with van der Waals surface area (Å²) in [5, 5.41) is 2.82. The molecule has 2 atom stereocenters. The average Bonchev–Trinajstić information content (AvgIpc) is 3.80. The number of benzene rings is 8. The van der Waals surface area contributed by atoms with Crippen LogP contribution in [-0.2, 0) is 0 Å². The minimum Gasteiger partial charge on any atom is -0.251 e. The Morgan fingerprint density at radius 1 is 0.410 bits per heavy atom. The molecule has 8 aromatic carbocycles. The molecule has 0 aliphatic carbocycles. The first-order chi connectivity index (χ1) is 30.2. The fourth-order valence-electron chi connectivity index (χ4n) is 8.80. The van der Waals surface area contributed by atoms with E-state index in [4.69, 9.17) is 0 Å². The highest BCUT2D eigenvalue weighted by Gasteiger charge is 2.44. The Hall–Kier alpha value is -5.42. The van der Waals surface area contributed by atoms with Crippen molar-refractivity contribution >= 4 is 26.8 Å². The van der Waals surface area contributed by atoms with Crippen LogP contribution in [0.2, 0.25) is 0 Å². The zero-order chi connectivity index (χ0) is 41.8. The highest BCUT2D eigenvalue weighted by Crippen LogP contribution is 2.76. The summed E-state index contributed by atoms with van der Waals surface area (Å²) < 4.78 is 3.09. The topological polar surface area (TPSA) is 3.24 Å².